The Balaban J connectivity index is 2.16. The van der Waals surface area contributed by atoms with Gasteiger partial charge in [0.2, 0.25) is 5.95 Å². The van der Waals surface area contributed by atoms with E-state index in [9.17, 15) is 9.18 Å². The lowest BCUT2D eigenvalue weighted by atomic mass is 10.2. The monoisotopic (exact) mass is 236 g/mol. The molecule has 0 spiro atoms. The first-order valence-corrected chi connectivity index (χ1v) is 6.16. The smallest absolute Gasteiger partial charge is 0.272 e. The van der Waals surface area contributed by atoms with Gasteiger partial charge in [0.15, 0.2) is 0 Å². The fourth-order valence-electron chi connectivity index (χ4n) is 2.46. The molecule has 0 aliphatic heterocycles. The molecular formula is C13H17FN2O. The van der Waals surface area contributed by atoms with Gasteiger partial charge in [-0.3, -0.25) is 4.79 Å². The third-order valence-corrected chi connectivity index (χ3v) is 3.30. The predicted octanol–water partition coefficient (Wildman–Crippen LogP) is 2.63. The Kier molecular flexibility index (Phi) is 3.71. The minimum atomic E-state index is -0.599. The number of rotatable bonds is 3. The molecule has 1 fully saturated rings. The third-order valence-electron chi connectivity index (χ3n) is 3.30. The van der Waals surface area contributed by atoms with Crippen LogP contribution in [0.4, 0.5) is 4.39 Å². The molecule has 0 aromatic carbocycles. The van der Waals surface area contributed by atoms with Crippen LogP contribution < -0.4 is 0 Å². The summed E-state index contributed by atoms with van der Waals surface area (Å²) >= 11 is 0. The van der Waals surface area contributed by atoms with Gasteiger partial charge in [0.1, 0.15) is 5.69 Å². The predicted molar refractivity (Wildman–Crippen MR) is 63.2 cm³/mol. The Hall–Kier alpha value is -1.45. The number of carbonyl (C=O) groups is 1. The molecule has 0 atom stereocenters. The molecule has 17 heavy (non-hydrogen) atoms. The fraction of sp³-hybridized carbons (Fsp3) is 0.538. The summed E-state index contributed by atoms with van der Waals surface area (Å²) in [6.45, 7) is 2.61. The summed E-state index contributed by atoms with van der Waals surface area (Å²) in [7, 11) is 0. The molecule has 92 valence electrons. The zero-order valence-electron chi connectivity index (χ0n) is 10.0. The first kappa shape index (κ1) is 12.0. The van der Waals surface area contributed by atoms with Gasteiger partial charge < -0.3 is 4.90 Å². The van der Waals surface area contributed by atoms with E-state index in [0.717, 1.165) is 12.8 Å². The van der Waals surface area contributed by atoms with Crippen LogP contribution in [0.15, 0.2) is 18.2 Å². The van der Waals surface area contributed by atoms with Crippen molar-refractivity contribution in [3.8, 4) is 0 Å². The maximum absolute atomic E-state index is 13.0. The molecule has 1 amide bonds. The van der Waals surface area contributed by atoms with Crippen molar-refractivity contribution in [2.75, 3.05) is 6.54 Å². The van der Waals surface area contributed by atoms with Crippen LogP contribution in [-0.4, -0.2) is 28.4 Å². The summed E-state index contributed by atoms with van der Waals surface area (Å²) in [6, 6.07) is 4.65. The van der Waals surface area contributed by atoms with E-state index in [1.54, 1.807) is 6.07 Å². The fourth-order valence-corrected chi connectivity index (χ4v) is 2.46. The van der Waals surface area contributed by atoms with Crippen molar-refractivity contribution in [2.24, 2.45) is 0 Å². The Morgan fingerprint density at radius 3 is 2.76 bits per heavy atom. The van der Waals surface area contributed by atoms with Crippen molar-refractivity contribution in [1.29, 1.82) is 0 Å². The van der Waals surface area contributed by atoms with Crippen molar-refractivity contribution in [3.05, 3.63) is 29.8 Å². The molecule has 1 aliphatic rings. The van der Waals surface area contributed by atoms with Crippen molar-refractivity contribution in [2.45, 2.75) is 38.6 Å². The molecule has 1 saturated carbocycles. The number of nitrogens with zero attached hydrogens (tertiary/aromatic N) is 2. The molecule has 0 unspecified atom stereocenters. The van der Waals surface area contributed by atoms with Crippen LogP contribution in [0.25, 0.3) is 0 Å². The molecule has 1 aromatic rings. The summed E-state index contributed by atoms with van der Waals surface area (Å²) < 4.78 is 13.0. The number of halogens is 1. The van der Waals surface area contributed by atoms with Gasteiger partial charge in [-0.25, -0.2) is 4.98 Å². The van der Waals surface area contributed by atoms with Crippen LogP contribution in [0.3, 0.4) is 0 Å². The molecule has 2 rings (SSSR count). The number of aromatic nitrogens is 1. The molecule has 0 radical (unpaired) electrons. The second-order valence-corrected chi connectivity index (χ2v) is 4.37. The third kappa shape index (κ3) is 2.62. The standard InChI is InChI=1S/C13H17FN2O/c1-2-16(10-6-3-4-7-10)13(17)11-8-5-9-12(14)15-11/h5,8-10H,2-4,6-7H2,1H3. The highest BCUT2D eigenvalue weighted by molar-refractivity contribution is 5.92. The molecule has 0 N–H and O–H groups in total. The quantitative estimate of drug-likeness (QED) is 0.756. The number of pyridine rings is 1. The van der Waals surface area contributed by atoms with Gasteiger partial charge >= 0.3 is 0 Å². The zero-order chi connectivity index (χ0) is 12.3. The molecule has 0 bridgehead atoms. The minimum Gasteiger partial charge on any atom is -0.335 e. The van der Waals surface area contributed by atoms with Gasteiger partial charge in [0.25, 0.3) is 5.91 Å². The van der Waals surface area contributed by atoms with Gasteiger partial charge in [-0.1, -0.05) is 18.9 Å². The van der Waals surface area contributed by atoms with Crippen molar-refractivity contribution in [1.82, 2.24) is 9.88 Å². The lowest BCUT2D eigenvalue weighted by Crippen LogP contribution is -2.39. The Bertz CT molecular complexity index is 402. The lowest BCUT2D eigenvalue weighted by molar-refractivity contribution is 0.0686. The van der Waals surface area contributed by atoms with Gasteiger partial charge in [-0.05, 0) is 31.9 Å². The van der Waals surface area contributed by atoms with E-state index < -0.39 is 5.95 Å². The second-order valence-electron chi connectivity index (χ2n) is 4.37. The second kappa shape index (κ2) is 5.25. The summed E-state index contributed by atoms with van der Waals surface area (Å²) in [4.78, 5) is 17.7. The molecule has 1 aromatic heterocycles. The van der Waals surface area contributed by atoms with E-state index >= 15 is 0 Å². The van der Waals surface area contributed by atoms with Crippen LogP contribution in [0, 0.1) is 5.95 Å². The number of hydrogen-bond donors (Lipinski definition) is 0. The van der Waals surface area contributed by atoms with Crippen molar-refractivity contribution < 1.29 is 9.18 Å². The maximum Gasteiger partial charge on any atom is 0.272 e. The highest BCUT2D eigenvalue weighted by Gasteiger charge is 2.26. The topological polar surface area (TPSA) is 33.2 Å². The summed E-state index contributed by atoms with van der Waals surface area (Å²) in [5.74, 6) is -0.753. The molecule has 1 aliphatic carbocycles. The summed E-state index contributed by atoms with van der Waals surface area (Å²) in [5.41, 5.74) is 0.207. The van der Waals surface area contributed by atoms with E-state index in [4.69, 9.17) is 0 Å². The zero-order valence-corrected chi connectivity index (χ0v) is 10.0. The van der Waals surface area contributed by atoms with Crippen LogP contribution in [0.1, 0.15) is 43.1 Å². The van der Waals surface area contributed by atoms with Gasteiger partial charge in [0.05, 0.1) is 0 Å². The maximum atomic E-state index is 13.0. The SMILES string of the molecule is CCN(C(=O)c1cccc(F)n1)C1CCCC1. The van der Waals surface area contributed by atoms with Crippen LogP contribution in [-0.2, 0) is 0 Å². The lowest BCUT2D eigenvalue weighted by Gasteiger charge is -2.27. The van der Waals surface area contributed by atoms with E-state index in [-0.39, 0.29) is 11.6 Å². The van der Waals surface area contributed by atoms with Gasteiger partial charge in [-0.15, -0.1) is 0 Å². The van der Waals surface area contributed by atoms with Gasteiger partial charge in [-0.2, -0.15) is 4.39 Å². The number of hydrogen-bond acceptors (Lipinski definition) is 2. The van der Waals surface area contributed by atoms with Crippen LogP contribution in [0.5, 0.6) is 0 Å². The van der Waals surface area contributed by atoms with Crippen molar-refractivity contribution >= 4 is 5.91 Å². The average Bonchev–Trinajstić information content (AvgIpc) is 2.83. The minimum absolute atomic E-state index is 0.154. The summed E-state index contributed by atoms with van der Waals surface area (Å²) in [5, 5.41) is 0. The molecular weight excluding hydrogens is 219 g/mol. The highest BCUT2D eigenvalue weighted by Crippen LogP contribution is 2.24. The average molecular weight is 236 g/mol. The Morgan fingerprint density at radius 1 is 1.47 bits per heavy atom. The van der Waals surface area contributed by atoms with Crippen LogP contribution >= 0.6 is 0 Å². The molecule has 3 nitrogen and oxygen atoms in total. The van der Waals surface area contributed by atoms with E-state index in [1.807, 2.05) is 11.8 Å². The number of amides is 1. The Labute approximate surface area is 101 Å². The first-order chi connectivity index (χ1) is 8.22. The molecule has 1 heterocycles. The summed E-state index contributed by atoms with van der Waals surface area (Å²) in [6.07, 6.45) is 4.44. The molecule has 4 heteroatoms. The normalized spacial score (nSPS) is 16.1. The van der Waals surface area contributed by atoms with E-state index in [2.05, 4.69) is 4.98 Å². The van der Waals surface area contributed by atoms with E-state index in [0.29, 0.717) is 12.6 Å². The van der Waals surface area contributed by atoms with Crippen molar-refractivity contribution in [3.63, 3.8) is 0 Å². The van der Waals surface area contributed by atoms with E-state index in [1.165, 1.54) is 25.0 Å². The highest BCUT2D eigenvalue weighted by atomic mass is 19.1. The number of carbonyl (C=O) groups excluding carboxylic acids is 1. The van der Waals surface area contributed by atoms with Gasteiger partial charge in [0, 0.05) is 12.6 Å². The Morgan fingerprint density at radius 2 is 2.18 bits per heavy atom. The largest absolute Gasteiger partial charge is 0.335 e. The van der Waals surface area contributed by atoms with Crippen LogP contribution in [0.2, 0.25) is 0 Å². The molecule has 0 saturated heterocycles. The first-order valence-electron chi connectivity index (χ1n) is 6.16.